The maximum Gasteiger partial charge on any atom is 0.275 e. The van der Waals surface area contributed by atoms with Gasteiger partial charge in [-0.1, -0.05) is 24.4 Å². The lowest BCUT2D eigenvalue weighted by Crippen LogP contribution is -2.18. The van der Waals surface area contributed by atoms with E-state index in [0.717, 1.165) is 5.56 Å². The van der Waals surface area contributed by atoms with Crippen LogP contribution in [0.15, 0.2) is 29.1 Å². The molecule has 2 rings (SSSR count). The smallest absolute Gasteiger partial charge is 0.275 e. The van der Waals surface area contributed by atoms with E-state index in [1.165, 1.54) is 11.3 Å². The first-order valence-corrected chi connectivity index (χ1v) is 6.53. The minimum Gasteiger partial charge on any atom is -0.389 e. The summed E-state index contributed by atoms with van der Waals surface area (Å²) in [6.45, 7) is 1.90. The average Bonchev–Trinajstić information content (AvgIpc) is 2.81. The highest BCUT2D eigenvalue weighted by atomic mass is 32.1. The lowest BCUT2D eigenvalue weighted by atomic mass is 10.1. The zero-order valence-corrected chi connectivity index (χ0v) is 11.3. The number of rotatable bonds is 3. The van der Waals surface area contributed by atoms with Gasteiger partial charge in [-0.3, -0.25) is 4.79 Å². The van der Waals surface area contributed by atoms with Crippen LogP contribution in [0.5, 0.6) is 0 Å². The summed E-state index contributed by atoms with van der Waals surface area (Å²) >= 11 is 6.37. The Balaban J connectivity index is 2.32. The summed E-state index contributed by atoms with van der Waals surface area (Å²) < 4.78 is 0. The molecule has 1 amide bonds. The number of aryl methyl sites for hydroxylation is 1. The van der Waals surface area contributed by atoms with Crippen LogP contribution in [-0.2, 0) is 0 Å². The molecular formula is C12H11N3OS2. The van der Waals surface area contributed by atoms with E-state index in [0.29, 0.717) is 16.9 Å². The first-order valence-electron chi connectivity index (χ1n) is 5.18. The molecule has 0 atom stereocenters. The van der Waals surface area contributed by atoms with Crippen molar-refractivity contribution in [2.45, 2.75) is 6.92 Å². The number of anilines is 1. The molecule has 0 fully saturated rings. The summed E-state index contributed by atoms with van der Waals surface area (Å²) in [6.07, 6.45) is 0. The molecule has 1 aromatic carbocycles. The van der Waals surface area contributed by atoms with Crippen molar-refractivity contribution in [1.82, 2.24) is 4.98 Å². The van der Waals surface area contributed by atoms with Crippen LogP contribution in [0.25, 0.3) is 0 Å². The molecule has 92 valence electrons. The Morgan fingerprint density at radius 3 is 2.89 bits per heavy atom. The monoisotopic (exact) mass is 277 g/mol. The van der Waals surface area contributed by atoms with Crippen LogP contribution in [0.4, 0.5) is 5.69 Å². The van der Waals surface area contributed by atoms with E-state index in [1.54, 1.807) is 17.0 Å². The maximum absolute atomic E-state index is 11.9. The molecule has 3 N–H and O–H groups in total. The van der Waals surface area contributed by atoms with Crippen molar-refractivity contribution in [3.8, 4) is 0 Å². The predicted molar refractivity (Wildman–Crippen MR) is 77.1 cm³/mol. The molecule has 0 aliphatic carbocycles. The molecule has 1 heterocycles. The number of amides is 1. The molecule has 1 aromatic heterocycles. The third-order valence-electron chi connectivity index (χ3n) is 2.43. The maximum atomic E-state index is 11.9. The van der Waals surface area contributed by atoms with Gasteiger partial charge in [-0.25, -0.2) is 4.98 Å². The van der Waals surface area contributed by atoms with E-state index >= 15 is 0 Å². The molecule has 0 saturated heterocycles. The van der Waals surface area contributed by atoms with Crippen molar-refractivity contribution in [1.29, 1.82) is 0 Å². The van der Waals surface area contributed by atoms with Crippen molar-refractivity contribution < 1.29 is 4.79 Å². The van der Waals surface area contributed by atoms with Crippen molar-refractivity contribution in [3.05, 3.63) is 45.9 Å². The first kappa shape index (κ1) is 12.7. The Morgan fingerprint density at radius 1 is 1.50 bits per heavy atom. The van der Waals surface area contributed by atoms with Gasteiger partial charge in [-0.15, -0.1) is 11.3 Å². The Hall–Kier alpha value is -1.79. The number of aromatic nitrogens is 1. The molecule has 0 radical (unpaired) electrons. The lowest BCUT2D eigenvalue weighted by molar-refractivity contribution is 0.102. The molecule has 6 heteroatoms. The Morgan fingerprint density at radius 2 is 2.28 bits per heavy atom. The SMILES string of the molecule is Cc1cccc(NC(=O)c2cscn2)c1C(N)=S. The highest BCUT2D eigenvalue weighted by Gasteiger charge is 2.13. The number of carbonyl (C=O) groups is 1. The minimum absolute atomic E-state index is 0.264. The second-order valence-electron chi connectivity index (χ2n) is 3.69. The molecule has 0 spiro atoms. The van der Waals surface area contributed by atoms with E-state index in [2.05, 4.69) is 10.3 Å². The van der Waals surface area contributed by atoms with E-state index in [1.807, 2.05) is 19.1 Å². The third-order valence-corrected chi connectivity index (χ3v) is 3.22. The van der Waals surface area contributed by atoms with E-state index < -0.39 is 0 Å². The van der Waals surface area contributed by atoms with E-state index in [-0.39, 0.29) is 10.9 Å². The Kier molecular flexibility index (Phi) is 3.69. The van der Waals surface area contributed by atoms with Gasteiger partial charge in [0, 0.05) is 10.9 Å². The van der Waals surface area contributed by atoms with Crippen LogP contribution in [-0.4, -0.2) is 15.9 Å². The highest BCUT2D eigenvalue weighted by molar-refractivity contribution is 7.80. The molecule has 0 unspecified atom stereocenters. The molecule has 0 aliphatic heterocycles. The number of thiazole rings is 1. The van der Waals surface area contributed by atoms with Gasteiger partial charge in [-0.05, 0) is 18.6 Å². The van der Waals surface area contributed by atoms with Gasteiger partial charge in [0.15, 0.2) is 0 Å². The van der Waals surface area contributed by atoms with E-state index in [4.69, 9.17) is 18.0 Å². The Labute approximate surface area is 114 Å². The second-order valence-corrected chi connectivity index (χ2v) is 4.85. The van der Waals surface area contributed by atoms with Crippen LogP contribution in [0.2, 0.25) is 0 Å². The summed E-state index contributed by atoms with van der Waals surface area (Å²) in [4.78, 5) is 16.1. The van der Waals surface area contributed by atoms with Crippen LogP contribution in [0.3, 0.4) is 0 Å². The quantitative estimate of drug-likeness (QED) is 0.845. The van der Waals surface area contributed by atoms with Gasteiger partial charge in [0.05, 0.1) is 11.2 Å². The lowest BCUT2D eigenvalue weighted by Gasteiger charge is -2.11. The third kappa shape index (κ3) is 2.55. The summed E-state index contributed by atoms with van der Waals surface area (Å²) in [6, 6.07) is 5.51. The van der Waals surface area contributed by atoms with Crippen molar-refractivity contribution in [2.75, 3.05) is 5.32 Å². The number of nitrogens with two attached hydrogens (primary N) is 1. The van der Waals surface area contributed by atoms with Crippen molar-refractivity contribution >= 4 is 40.1 Å². The molecule has 4 nitrogen and oxygen atoms in total. The number of thiocarbonyl (C=S) groups is 1. The van der Waals surface area contributed by atoms with Crippen LogP contribution in [0, 0.1) is 6.92 Å². The van der Waals surface area contributed by atoms with Gasteiger partial charge in [0.1, 0.15) is 10.7 Å². The Bertz CT molecular complexity index is 593. The fourth-order valence-corrected chi connectivity index (χ4v) is 2.41. The number of carbonyl (C=O) groups excluding carboxylic acids is 1. The van der Waals surface area contributed by atoms with E-state index in [9.17, 15) is 4.79 Å². The number of hydrogen-bond acceptors (Lipinski definition) is 4. The minimum atomic E-state index is -0.264. The van der Waals surface area contributed by atoms with Gasteiger partial charge in [0.25, 0.3) is 5.91 Å². The van der Waals surface area contributed by atoms with Gasteiger partial charge in [0.2, 0.25) is 0 Å². The molecule has 0 saturated carbocycles. The zero-order valence-electron chi connectivity index (χ0n) is 9.64. The van der Waals surface area contributed by atoms with Gasteiger partial charge < -0.3 is 11.1 Å². The van der Waals surface area contributed by atoms with Crippen molar-refractivity contribution in [2.24, 2.45) is 5.73 Å². The normalized spacial score (nSPS) is 10.1. The fourth-order valence-electron chi connectivity index (χ4n) is 1.61. The first-order chi connectivity index (χ1) is 8.59. The number of nitrogens with zero attached hydrogens (tertiary/aromatic N) is 1. The second kappa shape index (κ2) is 5.24. The summed E-state index contributed by atoms with van der Waals surface area (Å²) in [5.74, 6) is -0.264. The van der Waals surface area contributed by atoms with Crippen LogP contribution < -0.4 is 11.1 Å². The fraction of sp³-hybridized carbons (Fsp3) is 0.0833. The molecule has 0 aliphatic rings. The van der Waals surface area contributed by atoms with Gasteiger partial charge in [-0.2, -0.15) is 0 Å². The largest absolute Gasteiger partial charge is 0.389 e. The summed E-state index contributed by atoms with van der Waals surface area (Å²) in [5.41, 5.74) is 9.90. The number of hydrogen-bond donors (Lipinski definition) is 2. The molecular weight excluding hydrogens is 266 g/mol. The summed E-state index contributed by atoms with van der Waals surface area (Å²) in [7, 11) is 0. The van der Waals surface area contributed by atoms with Crippen LogP contribution >= 0.6 is 23.6 Å². The molecule has 18 heavy (non-hydrogen) atoms. The number of nitrogens with one attached hydrogen (secondary N) is 1. The zero-order chi connectivity index (χ0) is 13.1. The highest BCUT2D eigenvalue weighted by Crippen LogP contribution is 2.20. The number of benzene rings is 1. The van der Waals surface area contributed by atoms with Gasteiger partial charge >= 0.3 is 0 Å². The van der Waals surface area contributed by atoms with Crippen LogP contribution in [0.1, 0.15) is 21.6 Å². The molecule has 0 bridgehead atoms. The predicted octanol–water partition coefficient (Wildman–Crippen LogP) is 2.34. The standard InChI is InChI=1S/C12H11N3OS2/c1-7-3-2-4-8(10(7)11(13)17)15-12(16)9-5-18-6-14-9/h2-6H,1H3,(H2,13,17)(H,15,16). The molecule has 2 aromatic rings. The van der Waals surface area contributed by atoms with Crippen molar-refractivity contribution in [3.63, 3.8) is 0 Å². The average molecular weight is 277 g/mol. The topological polar surface area (TPSA) is 68.0 Å². The summed E-state index contributed by atoms with van der Waals surface area (Å²) in [5, 5.41) is 4.46.